The van der Waals surface area contributed by atoms with Crippen molar-refractivity contribution in [2.45, 2.75) is 315 Å². The van der Waals surface area contributed by atoms with E-state index in [1.807, 2.05) is 0 Å². The summed E-state index contributed by atoms with van der Waals surface area (Å²) in [4.78, 5) is 49.9. The van der Waals surface area contributed by atoms with E-state index in [9.17, 15) is 167 Å². The van der Waals surface area contributed by atoms with Gasteiger partial charge in [0.05, 0.1) is 65.6 Å². The third kappa shape index (κ3) is 21.0. The number of hydrogen-bond acceptors (Lipinski definition) is 49. The van der Waals surface area contributed by atoms with Gasteiger partial charge in [0.15, 0.2) is 50.3 Å². The van der Waals surface area contributed by atoms with Gasteiger partial charge in [0.1, 0.15) is 226 Å². The summed E-state index contributed by atoms with van der Waals surface area (Å²) in [6.07, 6.45) is -97.3. The molecule has 47 atom stereocenters. The molecule has 0 bridgehead atoms. The number of aliphatic hydroxyl groups excluding tert-OH is 27. The van der Waals surface area contributed by atoms with Crippen molar-refractivity contribution in [2.75, 3.05) is 59.5 Å². The first-order valence-corrected chi connectivity index (χ1v) is 36.9. The molecule has 3 amide bonds. The first-order valence-electron chi connectivity index (χ1n) is 36.9. The van der Waals surface area contributed by atoms with Gasteiger partial charge < -0.3 is 245 Å². The van der Waals surface area contributed by atoms with Crippen molar-refractivity contribution in [2.24, 2.45) is 0 Å². The van der Waals surface area contributed by atoms with E-state index in [1.54, 1.807) is 0 Å². The minimum absolute atomic E-state index is 0.805. The van der Waals surface area contributed by atoms with Crippen LogP contribution in [0.2, 0.25) is 0 Å². The highest BCUT2D eigenvalue weighted by Crippen LogP contribution is 2.42. The summed E-state index contributed by atoms with van der Waals surface area (Å²) in [7, 11) is 0. The number of rotatable bonds is 32. The normalized spacial score (nSPS) is 48.2. The molecule has 9 rings (SSSR count). The van der Waals surface area contributed by atoms with Gasteiger partial charge >= 0.3 is 5.97 Å². The van der Waals surface area contributed by atoms with E-state index >= 15 is 0 Å². The maximum Gasteiger partial charge on any atom is 0.364 e. The van der Waals surface area contributed by atoms with Crippen molar-refractivity contribution in [3.63, 3.8) is 0 Å². The fourth-order valence-electron chi connectivity index (χ4n) is 15.0. The Morgan fingerprint density at radius 1 is 0.316 bits per heavy atom. The van der Waals surface area contributed by atoms with Crippen LogP contribution in [0.4, 0.5) is 0 Å². The Morgan fingerprint density at radius 2 is 0.624 bits per heavy atom. The third-order valence-corrected chi connectivity index (χ3v) is 21.2. The molecule has 0 unspecified atom stereocenters. The molecular weight excluding hydrogens is 1610 g/mol. The Morgan fingerprint density at radius 3 is 1.05 bits per heavy atom. The van der Waals surface area contributed by atoms with Gasteiger partial charge in [0, 0.05) is 27.2 Å². The van der Waals surface area contributed by atoms with Gasteiger partial charge in [-0.1, -0.05) is 0 Å². The molecule has 9 fully saturated rings. The average molecular weight is 1720 g/mol. The van der Waals surface area contributed by atoms with Crippen LogP contribution in [0.3, 0.4) is 0 Å². The van der Waals surface area contributed by atoms with Crippen LogP contribution in [0.1, 0.15) is 27.2 Å². The van der Waals surface area contributed by atoms with Crippen LogP contribution in [0.15, 0.2) is 0 Å². The number of nitrogens with one attached hydrogen (secondary N) is 3. The summed E-state index contributed by atoms with van der Waals surface area (Å²) in [5.74, 6) is -8.19. The first kappa shape index (κ1) is 96.9. The van der Waals surface area contributed by atoms with Crippen LogP contribution < -0.4 is 16.0 Å². The van der Waals surface area contributed by atoms with E-state index in [1.165, 1.54) is 0 Å². The maximum absolute atomic E-state index is 12.9. The molecule has 0 radical (unpaired) electrons. The lowest BCUT2D eigenvalue weighted by Crippen LogP contribution is -2.71. The molecule has 678 valence electrons. The lowest BCUT2D eigenvalue weighted by molar-refractivity contribution is -0.415. The summed E-state index contributed by atoms with van der Waals surface area (Å²) >= 11 is 0. The summed E-state index contributed by atoms with van der Waals surface area (Å²) in [5.41, 5.74) is 0. The monoisotopic (exact) mass is 1720 g/mol. The van der Waals surface area contributed by atoms with Crippen molar-refractivity contribution in [3.8, 4) is 0 Å². The number of carbonyl (C=O) groups excluding carboxylic acids is 3. The number of aliphatic hydroxyl groups is 28. The standard InChI is InChI=1S/C64H107N3O50/c1-14(77)65-27-34(88)30(84)21(8-71)101-55(27)112-50-32(86)23(10-73)103-59(41(50)95)110-48-25(12-75)105-57(29(36(48)90)67-16(3)79)113-51-33(87)24(11-74)104-60(42(51)96)111-49-26(13-76)106-58(40(94)39(49)93)116-54-46(19(82)6-69)109-61(108-45-17(80)4-64(100,63(98)99)117-47(45)20(83)7-70)43(97)52(54)114-62-53(38(92)37(91)44(107-62)18(81)5-68)115-56-28(66-15(2)78)35(89)31(85)22(9-72)102-56/h17-62,68-76,80-97,100H,4-13H2,1-3H3,(H,65,77)(H,66,78)(H,67,79)(H,98,99)/t17-,18+,19+,20-,21-,22-,23-,24-,25-,26-,27-,28-,29-,30+,31-,32+,33+,34-,35-,36-,37+,38+,39-,40-,41-,42-,43+,44-,45-,46-,47-,48-,49-,50+,51+,52-,53+,54-,55+,56-,57+,58+,59+,60+,61+,62-,64-/m1/s1. The van der Waals surface area contributed by atoms with Gasteiger partial charge in [0.25, 0.3) is 5.79 Å². The van der Waals surface area contributed by atoms with Crippen LogP contribution in [0.25, 0.3) is 0 Å². The minimum Gasteiger partial charge on any atom is -0.477 e. The van der Waals surface area contributed by atoms with E-state index in [2.05, 4.69) is 16.0 Å². The molecule has 0 aliphatic carbocycles. The Labute approximate surface area is 660 Å². The van der Waals surface area contributed by atoms with Crippen molar-refractivity contribution in [3.05, 3.63) is 0 Å². The Hall–Kier alpha value is -3.92. The molecule has 117 heavy (non-hydrogen) atoms. The maximum atomic E-state index is 12.9. The van der Waals surface area contributed by atoms with Crippen molar-refractivity contribution in [1.29, 1.82) is 0 Å². The van der Waals surface area contributed by atoms with Crippen LogP contribution in [-0.2, 0) is 99.7 Å². The second-order valence-electron chi connectivity index (χ2n) is 29.3. The molecule has 32 N–H and O–H groups in total. The lowest BCUT2D eigenvalue weighted by Gasteiger charge is -2.52. The second-order valence-corrected chi connectivity index (χ2v) is 29.3. The quantitative estimate of drug-likeness (QED) is 0.0297. The Balaban J connectivity index is 0.995. The van der Waals surface area contributed by atoms with Gasteiger partial charge in [-0.25, -0.2) is 4.79 Å². The predicted molar refractivity (Wildman–Crippen MR) is 355 cm³/mol. The minimum atomic E-state index is -3.33. The SMILES string of the molecule is CC(=O)N[C@H]1[C@H](O[C@H]2[C@@H](O)[C@@H](CO)O[C@@H](O[C@H]3[C@H](O)[C@@H](O)[C@H](O[C@H]4[C@H](O[C@H]5O[C@H]([C@@H](O)CO)[C@@H](O)[C@H](O)[C@@H]5O[C@H]5O[C@H](CO)[C@@H](O)[C@H](O)[C@H]5NC(C)=O)[C@H](O)[C@@H](O[C@H]5[C@@H]([C@H](O)CO)O[C@@](O)(C(=O)O)C[C@H]5O)O[C@@H]4[C@@H](O)CO)O[C@@H]3CO)[C@@H]2O)O[C@H](CO)[C@@H](O[C@@H]2O[C@H](CO)[C@H](O)[C@H](O[C@@H]3O[C@H](CO)[C@H](O)[C@H](O)[C@H]3NC(C)=O)[C@H]2O)[C@@H]1O. The van der Waals surface area contributed by atoms with Gasteiger partial charge in [-0.3, -0.25) is 14.4 Å². The number of carboxylic acids is 1. The molecule has 0 aromatic rings. The highest BCUT2D eigenvalue weighted by atomic mass is 16.8. The molecule has 53 nitrogen and oxygen atoms in total. The second kappa shape index (κ2) is 41.7. The smallest absolute Gasteiger partial charge is 0.364 e. The van der Waals surface area contributed by atoms with E-state index < -0.39 is 377 Å². The number of ether oxygens (including phenoxy) is 17. The molecular formula is C64H107N3O50. The van der Waals surface area contributed by atoms with E-state index in [0.29, 0.717) is 0 Å². The molecule has 0 spiro atoms. The summed E-state index contributed by atoms with van der Waals surface area (Å²) in [6, 6.07) is -5.52. The molecule has 0 saturated carbocycles. The van der Waals surface area contributed by atoms with Crippen molar-refractivity contribution in [1.82, 2.24) is 16.0 Å². The number of aliphatic carboxylic acids is 1. The summed E-state index contributed by atoms with van der Waals surface area (Å²) in [5, 5.41) is 329. The van der Waals surface area contributed by atoms with Crippen LogP contribution in [0.5, 0.6) is 0 Å². The van der Waals surface area contributed by atoms with E-state index in [4.69, 9.17) is 80.5 Å². The van der Waals surface area contributed by atoms with E-state index in [-0.39, 0.29) is 0 Å². The highest BCUT2D eigenvalue weighted by Gasteiger charge is 2.63. The number of hydrogen-bond donors (Lipinski definition) is 32. The average Bonchev–Trinajstić information content (AvgIpc) is 0.675. The van der Waals surface area contributed by atoms with Crippen molar-refractivity contribution >= 4 is 23.7 Å². The van der Waals surface area contributed by atoms with E-state index in [0.717, 1.165) is 20.8 Å². The zero-order valence-corrected chi connectivity index (χ0v) is 62.2. The molecule has 9 aliphatic heterocycles. The van der Waals surface area contributed by atoms with Crippen LogP contribution in [0, 0.1) is 0 Å². The zero-order chi connectivity index (χ0) is 86.6. The van der Waals surface area contributed by atoms with Crippen LogP contribution >= 0.6 is 0 Å². The van der Waals surface area contributed by atoms with Gasteiger partial charge in [-0.2, -0.15) is 0 Å². The molecule has 9 aliphatic rings. The number of carboxylic acid groups (broad SMARTS) is 1. The fourth-order valence-corrected chi connectivity index (χ4v) is 15.0. The topological polar surface area (TPSA) is 848 Å². The van der Waals surface area contributed by atoms with Crippen LogP contribution in [-0.4, -0.2) is 519 Å². The summed E-state index contributed by atoms with van der Waals surface area (Å²) in [6.45, 7) is -8.01. The number of carbonyl (C=O) groups is 4. The number of amides is 3. The molecule has 0 aromatic carbocycles. The zero-order valence-electron chi connectivity index (χ0n) is 62.2. The predicted octanol–water partition coefficient (Wildman–Crippen LogP) is -21.6. The van der Waals surface area contributed by atoms with Crippen molar-refractivity contribution < 1.29 is 248 Å². The van der Waals surface area contributed by atoms with Gasteiger partial charge in [-0.15, -0.1) is 0 Å². The molecule has 0 aromatic heterocycles. The molecule has 53 heteroatoms. The third-order valence-electron chi connectivity index (χ3n) is 21.2. The molecule has 9 saturated heterocycles. The summed E-state index contributed by atoms with van der Waals surface area (Å²) < 4.78 is 99.6. The van der Waals surface area contributed by atoms with Gasteiger partial charge in [0.2, 0.25) is 17.7 Å². The lowest BCUT2D eigenvalue weighted by atomic mass is 9.91. The molecule has 9 heterocycles. The first-order chi connectivity index (χ1) is 55.2. The fraction of sp³-hybridized carbons (Fsp3) is 0.938. The highest BCUT2D eigenvalue weighted by molar-refractivity contribution is 5.75. The van der Waals surface area contributed by atoms with Gasteiger partial charge in [-0.05, 0) is 0 Å². The Bertz CT molecular complexity index is 3140. The Kier molecular flexibility index (Phi) is 34.5. The largest absolute Gasteiger partial charge is 0.477 e.